The maximum atomic E-state index is 10.9. The van der Waals surface area contributed by atoms with E-state index in [0.29, 0.717) is 36.9 Å². The molecule has 0 spiro atoms. The Kier molecular flexibility index (Phi) is 5.48. The summed E-state index contributed by atoms with van der Waals surface area (Å²) in [5.41, 5.74) is 0.538. The molecule has 0 saturated heterocycles. The van der Waals surface area contributed by atoms with Crippen LogP contribution in [-0.2, 0) is 5.33 Å². The molecule has 110 valence electrons. The third kappa shape index (κ3) is 3.88. The molecule has 0 aliphatic rings. The first-order valence-corrected chi connectivity index (χ1v) is 8.25. The minimum Gasteiger partial charge on any atom is -0.456 e. The van der Waals surface area contributed by atoms with Crippen LogP contribution in [0.25, 0.3) is 0 Å². The molecule has 2 aromatic carbocycles. The van der Waals surface area contributed by atoms with Crippen LogP contribution in [0.15, 0.2) is 34.8 Å². The highest BCUT2D eigenvalue weighted by Gasteiger charge is 2.15. The Hall–Kier alpha value is -0.820. The Morgan fingerprint density at radius 2 is 1.90 bits per heavy atom. The van der Waals surface area contributed by atoms with Crippen LogP contribution in [-0.4, -0.2) is 4.92 Å². The zero-order valence-electron chi connectivity index (χ0n) is 10.3. The van der Waals surface area contributed by atoms with Crippen LogP contribution < -0.4 is 4.74 Å². The molecule has 4 nitrogen and oxygen atoms in total. The van der Waals surface area contributed by atoms with Gasteiger partial charge in [0.2, 0.25) is 0 Å². The summed E-state index contributed by atoms with van der Waals surface area (Å²) >= 11 is 18.5. The summed E-state index contributed by atoms with van der Waals surface area (Å²) in [5, 5.41) is 12.1. The average Bonchev–Trinajstić information content (AvgIpc) is 2.44. The molecular formula is C13H7Br2Cl2NO3. The van der Waals surface area contributed by atoms with Gasteiger partial charge in [-0.1, -0.05) is 39.1 Å². The van der Waals surface area contributed by atoms with Crippen molar-refractivity contribution in [2.24, 2.45) is 0 Å². The van der Waals surface area contributed by atoms with Crippen molar-refractivity contribution >= 4 is 60.7 Å². The molecule has 0 heterocycles. The molecular weight excluding hydrogens is 449 g/mol. The average molecular weight is 456 g/mol. The number of nitro groups is 1. The van der Waals surface area contributed by atoms with Crippen LogP contribution in [0.1, 0.15) is 5.56 Å². The first-order valence-electron chi connectivity index (χ1n) is 5.58. The number of rotatable bonds is 4. The van der Waals surface area contributed by atoms with E-state index in [-0.39, 0.29) is 5.69 Å². The highest BCUT2D eigenvalue weighted by Crippen LogP contribution is 2.37. The molecule has 0 saturated carbocycles. The van der Waals surface area contributed by atoms with Crippen molar-refractivity contribution in [1.82, 2.24) is 0 Å². The number of hydrogen-bond acceptors (Lipinski definition) is 3. The number of alkyl halides is 1. The largest absolute Gasteiger partial charge is 0.456 e. The lowest BCUT2D eigenvalue weighted by Crippen LogP contribution is -1.94. The van der Waals surface area contributed by atoms with Gasteiger partial charge in [-0.25, -0.2) is 0 Å². The third-order valence-corrected chi connectivity index (χ3v) is 4.69. The van der Waals surface area contributed by atoms with E-state index in [2.05, 4.69) is 31.9 Å². The number of ether oxygens (including phenoxy) is 1. The van der Waals surface area contributed by atoms with Gasteiger partial charge in [-0.3, -0.25) is 10.1 Å². The van der Waals surface area contributed by atoms with E-state index in [1.165, 1.54) is 12.1 Å². The molecule has 0 unspecified atom stereocenters. The molecule has 21 heavy (non-hydrogen) atoms. The fourth-order valence-corrected chi connectivity index (χ4v) is 2.90. The van der Waals surface area contributed by atoms with Gasteiger partial charge in [-0.2, -0.15) is 0 Å². The fraction of sp³-hybridized carbons (Fsp3) is 0.0769. The predicted molar refractivity (Wildman–Crippen MR) is 90.0 cm³/mol. The van der Waals surface area contributed by atoms with E-state index >= 15 is 0 Å². The first-order chi connectivity index (χ1) is 9.92. The number of nitro benzene ring substituents is 1. The number of halogens is 4. The SMILES string of the molecule is O=[N+]([O-])c1ccc(Oc2cc(Cl)c(Br)cc2Cl)cc1CBr. The van der Waals surface area contributed by atoms with Crippen molar-refractivity contribution < 1.29 is 9.66 Å². The molecule has 0 aromatic heterocycles. The standard InChI is InChI=1S/C13H7Br2Cl2NO3/c14-6-7-3-8(1-2-12(7)18(19)20)21-13-5-10(16)9(15)4-11(13)17/h1-5H,6H2. The van der Waals surface area contributed by atoms with Gasteiger partial charge in [-0.05, 0) is 34.1 Å². The second-order valence-electron chi connectivity index (χ2n) is 3.98. The van der Waals surface area contributed by atoms with E-state index in [0.717, 1.165) is 0 Å². The quantitative estimate of drug-likeness (QED) is 0.233. The third-order valence-electron chi connectivity index (χ3n) is 2.59. The second-order valence-corrected chi connectivity index (χ2v) is 6.21. The molecule has 8 heteroatoms. The lowest BCUT2D eigenvalue weighted by molar-refractivity contribution is -0.385. The van der Waals surface area contributed by atoms with Crippen LogP contribution in [0.2, 0.25) is 10.0 Å². The summed E-state index contributed by atoms with van der Waals surface area (Å²) in [7, 11) is 0. The second kappa shape index (κ2) is 6.96. The lowest BCUT2D eigenvalue weighted by atomic mass is 10.2. The van der Waals surface area contributed by atoms with Crippen molar-refractivity contribution in [3.8, 4) is 11.5 Å². The predicted octanol–water partition coefficient (Wildman–Crippen LogP) is 6.35. The van der Waals surface area contributed by atoms with Gasteiger partial charge in [0, 0.05) is 27.5 Å². The topological polar surface area (TPSA) is 52.4 Å². The fourth-order valence-electron chi connectivity index (χ4n) is 1.62. The zero-order chi connectivity index (χ0) is 15.6. The van der Waals surface area contributed by atoms with Gasteiger partial charge in [0.1, 0.15) is 11.5 Å². The molecule has 0 aliphatic carbocycles. The van der Waals surface area contributed by atoms with Gasteiger partial charge < -0.3 is 4.74 Å². The van der Waals surface area contributed by atoms with E-state index in [1.807, 2.05) is 0 Å². The Labute approximate surface area is 147 Å². The first kappa shape index (κ1) is 16.5. The van der Waals surface area contributed by atoms with Crippen molar-refractivity contribution in [2.75, 3.05) is 0 Å². The Bertz CT molecular complexity index is 710. The minimum absolute atomic E-state index is 0.0270. The van der Waals surface area contributed by atoms with Crippen LogP contribution >= 0.6 is 55.1 Å². The van der Waals surface area contributed by atoms with Crippen molar-refractivity contribution in [3.05, 3.63) is 60.5 Å². The minimum atomic E-state index is -0.441. The molecule has 0 atom stereocenters. The lowest BCUT2D eigenvalue weighted by Gasteiger charge is -2.10. The maximum Gasteiger partial charge on any atom is 0.273 e. The van der Waals surface area contributed by atoms with Gasteiger partial charge >= 0.3 is 0 Å². The summed E-state index contributed by atoms with van der Waals surface area (Å²) in [5.74, 6) is 0.814. The highest BCUT2D eigenvalue weighted by molar-refractivity contribution is 9.10. The Morgan fingerprint density at radius 1 is 1.19 bits per heavy atom. The van der Waals surface area contributed by atoms with E-state index in [9.17, 15) is 10.1 Å². The Morgan fingerprint density at radius 3 is 2.52 bits per heavy atom. The summed E-state index contributed by atoms with van der Waals surface area (Å²) in [6, 6.07) is 7.68. The molecule has 0 radical (unpaired) electrons. The van der Waals surface area contributed by atoms with Gasteiger partial charge in [0.05, 0.1) is 15.0 Å². The van der Waals surface area contributed by atoms with Gasteiger partial charge in [0.15, 0.2) is 0 Å². The number of hydrogen-bond donors (Lipinski definition) is 0. The van der Waals surface area contributed by atoms with Crippen LogP contribution in [0.5, 0.6) is 11.5 Å². The van der Waals surface area contributed by atoms with Crippen molar-refractivity contribution in [1.29, 1.82) is 0 Å². The molecule has 2 rings (SSSR count). The van der Waals surface area contributed by atoms with Gasteiger partial charge in [-0.15, -0.1) is 0 Å². The maximum absolute atomic E-state index is 10.9. The van der Waals surface area contributed by atoms with E-state index in [4.69, 9.17) is 27.9 Å². The molecule has 0 amide bonds. The van der Waals surface area contributed by atoms with Gasteiger partial charge in [0.25, 0.3) is 5.69 Å². The molecule has 2 aromatic rings. The summed E-state index contributed by atoms with van der Waals surface area (Å²) in [6.45, 7) is 0. The summed E-state index contributed by atoms with van der Waals surface area (Å²) < 4.78 is 6.30. The summed E-state index contributed by atoms with van der Waals surface area (Å²) in [6.07, 6.45) is 0. The van der Waals surface area contributed by atoms with Crippen LogP contribution in [0.3, 0.4) is 0 Å². The number of nitrogens with zero attached hydrogens (tertiary/aromatic N) is 1. The van der Waals surface area contributed by atoms with Crippen LogP contribution in [0, 0.1) is 10.1 Å². The summed E-state index contributed by atoms with van der Waals surface area (Å²) in [4.78, 5) is 10.4. The monoisotopic (exact) mass is 453 g/mol. The van der Waals surface area contributed by atoms with Crippen molar-refractivity contribution in [2.45, 2.75) is 5.33 Å². The van der Waals surface area contributed by atoms with E-state index < -0.39 is 4.92 Å². The molecule has 0 aliphatic heterocycles. The Balaban J connectivity index is 2.36. The van der Waals surface area contributed by atoms with E-state index in [1.54, 1.807) is 18.2 Å². The number of benzene rings is 2. The highest BCUT2D eigenvalue weighted by atomic mass is 79.9. The van der Waals surface area contributed by atoms with Crippen molar-refractivity contribution in [3.63, 3.8) is 0 Å². The molecule has 0 fully saturated rings. The molecule has 0 bridgehead atoms. The smallest absolute Gasteiger partial charge is 0.273 e. The normalized spacial score (nSPS) is 10.5. The zero-order valence-corrected chi connectivity index (χ0v) is 15.0. The molecule has 0 N–H and O–H groups in total. The van der Waals surface area contributed by atoms with Crippen LogP contribution in [0.4, 0.5) is 5.69 Å².